The summed E-state index contributed by atoms with van der Waals surface area (Å²) in [7, 11) is 1.85. The minimum absolute atomic E-state index is 0.0279. The normalized spacial score (nSPS) is 10.8. The molecule has 0 saturated carbocycles. The van der Waals surface area contributed by atoms with E-state index in [1.165, 1.54) is 5.56 Å². The molecule has 3 aromatic rings. The molecule has 0 spiro atoms. The molecule has 0 aliphatic heterocycles. The molecular weight excluding hydrogens is 356 g/mol. The third-order valence-corrected chi connectivity index (χ3v) is 5.79. The molecule has 0 aliphatic carbocycles. The predicted molar refractivity (Wildman–Crippen MR) is 109 cm³/mol. The number of carbonyl (C=O) groups excluding carboxylic acids is 1. The summed E-state index contributed by atoms with van der Waals surface area (Å²) < 4.78 is 5.24. The van der Waals surface area contributed by atoms with Crippen LogP contribution in [0.2, 0.25) is 0 Å². The molecule has 0 bridgehead atoms. The van der Waals surface area contributed by atoms with Gasteiger partial charge >= 0.3 is 0 Å². The van der Waals surface area contributed by atoms with Crippen LogP contribution in [-0.4, -0.2) is 23.0 Å². The zero-order chi connectivity index (χ0) is 19.4. The lowest BCUT2D eigenvalue weighted by atomic mass is 10.1. The summed E-state index contributed by atoms with van der Waals surface area (Å²) in [4.78, 5) is 15.8. The van der Waals surface area contributed by atoms with Gasteiger partial charge < -0.3 is 9.42 Å². The monoisotopic (exact) mass is 380 g/mol. The van der Waals surface area contributed by atoms with E-state index < -0.39 is 0 Å². The van der Waals surface area contributed by atoms with Crippen molar-refractivity contribution in [2.75, 3.05) is 7.05 Å². The molecule has 3 rings (SSSR count). The quantitative estimate of drug-likeness (QED) is 0.554. The Balaban J connectivity index is 1.76. The molecule has 5 heteroatoms. The van der Waals surface area contributed by atoms with E-state index in [1.807, 2.05) is 57.3 Å². The van der Waals surface area contributed by atoms with E-state index >= 15 is 0 Å². The van der Waals surface area contributed by atoms with E-state index in [4.69, 9.17) is 4.52 Å². The van der Waals surface area contributed by atoms with Crippen LogP contribution in [0, 0.1) is 20.8 Å². The Hall–Kier alpha value is -2.53. The van der Waals surface area contributed by atoms with Crippen LogP contribution in [0.5, 0.6) is 0 Å². The fourth-order valence-electron chi connectivity index (χ4n) is 2.95. The van der Waals surface area contributed by atoms with Crippen molar-refractivity contribution in [3.8, 4) is 0 Å². The smallest absolute Gasteiger partial charge is 0.255 e. The van der Waals surface area contributed by atoms with Crippen molar-refractivity contribution in [2.24, 2.45) is 0 Å². The van der Waals surface area contributed by atoms with Gasteiger partial charge in [-0.2, -0.15) is 0 Å². The van der Waals surface area contributed by atoms with E-state index in [1.54, 1.807) is 16.7 Å². The Kier molecular flexibility index (Phi) is 6.01. The standard InChI is InChI=1S/C22H24N2O2S/c1-15-9-5-6-10-18(15)13-24(4)22(25)19-11-7-8-12-21(19)27-14-20-16(2)23-26-17(20)3/h5-12H,13-14H2,1-4H3. The van der Waals surface area contributed by atoms with Crippen LogP contribution in [0.25, 0.3) is 0 Å². The zero-order valence-electron chi connectivity index (χ0n) is 16.2. The van der Waals surface area contributed by atoms with Crippen LogP contribution in [0.3, 0.4) is 0 Å². The molecule has 2 aromatic carbocycles. The van der Waals surface area contributed by atoms with Gasteiger partial charge in [-0.3, -0.25) is 4.79 Å². The molecule has 4 nitrogen and oxygen atoms in total. The fourth-order valence-corrected chi connectivity index (χ4v) is 4.15. The third kappa shape index (κ3) is 4.42. The largest absolute Gasteiger partial charge is 0.361 e. The number of aryl methyl sites for hydroxylation is 3. The summed E-state index contributed by atoms with van der Waals surface area (Å²) >= 11 is 1.64. The number of aromatic nitrogens is 1. The topological polar surface area (TPSA) is 46.3 Å². The number of amides is 1. The lowest BCUT2D eigenvalue weighted by molar-refractivity contribution is 0.0781. The van der Waals surface area contributed by atoms with Gasteiger partial charge in [-0.25, -0.2) is 0 Å². The summed E-state index contributed by atoms with van der Waals surface area (Å²) in [6.07, 6.45) is 0. The molecular formula is C22H24N2O2S. The minimum Gasteiger partial charge on any atom is -0.361 e. The number of rotatable bonds is 6. The van der Waals surface area contributed by atoms with Crippen molar-refractivity contribution < 1.29 is 9.32 Å². The predicted octanol–water partition coefficient (Wildman–Crippen LogP) is 5.16. The first-order valence-corrected chi connectivity index (χ1v) is 9.89. The Labute approximate surface area is 164 Å². The maximum atomic E-state index is 13.1. The summed E-state index contributed by atoms with van der Waals surface area (Å²) in [6, 6.07) is 15.9. The van der Waals surface area contributed by atoms with E-state index in [-0.39, 0.29) is 5.91 Å². The minimum atomic E-state index is 0.0279. The molecule has 1 aromatic heterocycles. The number of carbonyl (C=O) groups is 1. The van der Waals surface area contributed by atoms with Crippen LogP contribution >= 0.6 is 11.8 Å². The van der Waals surface area contributed by atoms with E-state index in [9.17, 15) is 4.79 Å². The van der Waals surface area contributed by atoms with Crippen molar-refractivity contribution in [1.82, 2.24) is 10.1 Å². The van der Waals surface area contributed by atoms with Gasteiger partial charge in [-0.15, -0.1) is 11.8 Å². The van der Waals surface area contributed by atoms with Crippen molar-refractivity contribution in [3.63, 3.8) is 0 Å². The summed E-state index contributed by atoms with van der Waals surface area (Å²) in [5.41, 5.74) is 5.08. The van der Waals surface area contributed by atoms with Crippen molar-refractivity contribution >= 4 is 17.7 Å². The van der Waals surface area contributed by atoms with E-state index in [0.717, 1.165) is 38.8 Å². The first-order valence-electron chi connectivity index (χ1n) is 8.91. The molecule has 1 heterocycles. The Bertz CT molecular complexity index is 929. The molecule has 0 saturated heterocycles. The highest BCUT2D eigenvalue weighted by molar-refractivity contribution is 7.98. The molecule has 0 aliphatic rings. The lowest BCUT2D eigenvalue weighted by Crippen LogP contribution is -2.27. The van der Waals surface area contributed by atoms with Crippen molar-refractivity contribution in [3.05, 3.63) is 82.2 Å². The molecule has 1 amide bonds. The Morgan fingerprint density at radius 2 is 1.78 bits per heavy atom. The Morgan fingerprint density at radius 1 is 1.07 bits per heavy atom. The zero-order valence-corrected chi connectivity index (χ0v) is 17.0. The van der Waals surface area contributed by atoms with Gasteiger partial charge in [-0.1, -0.05) is 41.6 Å². The van der Waals surface area contributed by atoms with E-state index in [2.05, 4.69) is 24.2 Å². The molecule has 140 valence electrons. The first-order chi connectivity index (χ1) is 13.0. The average Bonchev–Trinajstić information content (AvgIpc) is 2.99. The van der Waals surface area contributed by atoms with Crippen LogP contribution in [-0.2, 0) is 12.3 Å². The highest BCUT2D eigenvalue weighted by atomic mass is 32.2. The van der Waals surface area contributed by atoms with Gasteiger partial charge in [0.1, 0.15) is 5.76 Å². The SMILES string of the molecule is Cc1ccccc1CN(C)C(=O)c1ccccc1SCc1c(C)noc1C. The third-order valence-electron chi connectivity index (χ3n) is 4.69. The number of nitrogens with zero attached hydrogens (tertiary/aromatic N) is 2. The van der Waals surface area contributed by atoms with Crippen LogP contribution in [0.4, 0.5) is 0 Å². The van der Waals surface area contributed by atoms with Crippen LogP contribution in [0.1, 0.15) is 38.5 Å². The maximum absolute atomic E-state index is 13.1. The van der Waals surface area contributed by atoms with Gasteiger partial charge in [0.05, 0.1) is 11.3 Å². The molecule has 0 radical (unpaired) electrons. The number of thioether (sulfide) groups is 1. The van der Waals surface area contributed by atoms with Crippen LogP contribution in [0.15, 0.2) is 57.9 Å². The summed E-state index contributed by atoms with van der Waals surface area (Å²) in [5.74, 6) is 1.59. The second-order valence-electron chi connectivity index (χ2n) is 6.68. The molecule has 27 heavy (non-hydrogen) atoms. The Morgan fingerprint density at radius 3 is 2.48 bits per heavy atom. The van der Waals surface area contributed by atoms with Gasteiger partial charge in [0.2, 0.25) is 0 Å². The molecule has 0 atom stereocenters. The maximum Gasteiger partial charge on any atom is 0.255 e. The second-order valence-corrected chi connectivity index (χ2v) is 7.69. The summed E-state index contributed by atoms with van der Waals surface area (Å²) in [5, 5.41) is 4.01. The highest BCUT2D eigenvalue weighted by Crippen LogP contribution is 2.29. The van der Waals surface area contributed by atoms with Crippen LogP contribution < -0.4 is 0 Å². The number of hydrogen-bond donors (Lipinski definition) is 0. The second kappa shape index (κ2) is 8.44. The van der Waals surface area contributed by atoms with Crippen molar-refractivity contribution in [2.45, 2.75) is 38.0 Å². The number of benzene rings is 2. The first kappa shape index (κ1) is 19.2. The average molecular weight is 381 g/mol. The number of hydrogen-bond acceptors (Lipinski definition) is 4. The van der Waals surface area contributed by atoms with E-state index in [0.29, 0.717) is 6.54 Å². The fraction of sp³-hybridized carbons (Fsp3) is 0.273. The molecule has 0 unspecified atom stereocenters. The van der Waals surface area contributed by atoms with Gasteiger partial charge in [0.15, 0.2) is 0 Å². The van der Waals surface area contributed by atoms with Gasteiger partial charge in [-0.05, 0) is 44.0 Å². The summed E-state index contributed by atoms with van der Waals surface area (Å²) in [6.45, 7) is 6.53. The highest BCUT2D eigenvalue weighted by Gasteiger charge is 2.18. The van der Waals surface area contributed by atoms with Gasteiger partial charge in [0.25, 0.3) is 5.91 Å². The lowest BCUT2D eigenvalue weighted by Gasteiger charge is -2.20. The van der Waals surface area contributed by atoms with Gasteiger partial charge in [0, 0.05) is 29.8 Å². The molecule has 0 N–H and O–H groups in total. The molecule has 0 fully saturated rings. The van der Waals surface area contributed by atoms with Crippen molar-refractivity contribution in [1.29, 1.82) is 0 Å².